The van der Waals surface area contributed by atoms with Crippen LogP contribution in [0.25, 0.3) is 94.1 Å². The van der Waals surface area contributed by atoms with E-state index in [1.54, 1.807) is 24.8 Å². The minimum Gasteiger partial charge on any atom is -0.309 e. The molecule has 0 bridgehead atoms. The van der Waals surface area contributed by atoms with Gasteiger partial charge in [-0.3, -0.25) is 19.9 Å². The Morgan fingerprint density at radius 2 is 0.878 bits per heavy atom. The number of para-hydroxylation sites is 2. The van der Waals surface area contributed by atoms with Crippen LogP contribution in [0.1, 0.15) is 0 Å². The highest BCUT2D eigenvalue weighted by Gasteiger charge is 2.17. The lowest BCUT2D eigenvalue weighted by Crippen LogP contribution is -1.97. The Morgan fingerprint density at radius 3 is 1.53 bits per heavy atom. The zero-order chi connectivity index (χ0) is 32.3. The van der Waals surface area contributed by atoms with Crippen molar-refractivity contribution in [2.45, 2.75) is 0 Å². The maximum atomic E-state index is 5.18. The maximum absolute atomic E-state index is 5.18. The molecule has 0 amide bonds. The molecular formula is C42H25N7. The predicted molar refractivity (Wildman–Crippen MR) is 196 cm³/mol. The van der Waals surface area contributed by atoms with Crippen LogP contribution in [-0.2, 0) is 0 Å². The molecule has 0 saturated heterocycles. The fourth-order valence-electron chi connectivity index (χ4n) is 7.00. The van der Waals surface area contributed by atoms with Gasteiger partial charge in [0.25, 0.3) is 0 Å². The molecule has 0 N–H and O–H groups in total. The zero-order valence-corrected chi connectivity index (χ0v) is 26.1. The first-order valence-electron chi connectivity index (χ1n) is 16.1. The van der Waals surface area contributed by atoms with Gasteiger partial charge >= 0.3 is 0 Å². The summed E-state index contributed by atoms with van der Waals surface area (Å²) < 4.78 is 2.35. The highest BCUT2D eigenvalue weighted by Crippen LogP contribution is 2.37. The molecular weight excluding hydrogens is 603 g/mol. The van der Waals surface area contributed by atoms with Crippen molar-refractivity contribution in [2.75, 3.05) is 0 Å². The summed E-state index contributed by atoms with van der Waals surface area (Å²) in [6.45, 7) is 0. The van der Waals surface area contributed by atoms with E-state index in [4.69, 9.17) is 9.97 Å². The Bertz CT molecular complexity index is 2810. The number of nitrogens with zero attached hydrogens (tertiary/aromatic N) is 7. The summed E-state index contributed by atoms with van der Waals surface area (Å²) in [7, 11) is 0. The molecule has 228 valence electrons. The number of hydrogen-bond acceptors (Lipinski definition) is 6. The van der Waals surface area contributed by atoms with Crippen LogP contribution in [0.4, 0.5) is 0 Å². The average Bonchev–Trinajstić information content (AvgIpc) is 3.52. The third-order valence-corrected chi connectivity index (χ3v) is 9.20. The lowest BCUT2D eigenvalue weighted by molar-refractivity contribution is 1.18. The predicted octanol–water partition coefficient (Wildman–Crippen LogP) is 9.61. The number of hydrogen-bond donors (Lipinski definition) is 0. The van der Waals surface area contributed by atoms with Crippen molar-refractivity contribution in [3.05, 3.63) is 152 Å². The van der Waals surface area contributed by atoms with Gasteiger partial charge in [0.2, 0.25) is 0 Å². The average molecular weight is 628 g/mol. The van der Waals surface area contributed by atoms with Crippen molar-refractivity contribution in [3.8, 4) is 39.2 Å². The van der Waals surface area contributed by atoms with E-state index >= 15 is 0 Å². The van der Waals surface area contributed by atoms with E-state index in [1.165, 1.54) is 21.8 Å². The van der Waals surface area contributed by atoms with Gasteiger partial charge in [-0.2, -0.15) is 0 Å². The Balaban J connectivity index is 1.19. The molecule has 6 aromatic carbocycles. The molecule has 0 spiro atoms. The summed E-state index contributed by atoms with van der Waals surface area (Å²) in [4.78, 5) is 28.5. The van der Waals surface area contributed by atoms with E-state index in [0.29, 0.717) is 33.1 Å². The van der Waals surface area contributed by atoms with Gasteiger partial charge in [0.1, 0.15) is 33.1 Å². The zero-order valence-electron chi connectivity index (χ0n) is 26.1. The Morgan fingerprint density at radius 1 is 0.367 bits per heavy atom. The molecule has 49 heavy (non-hydrogen) atoms. The lowest BCUT2D eigenvalue weighted by Gasteiger charge is -2.14. The summed E-state index contributed by atoms with van der Waals surface area (Å²) >= 11 is 0. The number of aromatic nitrogens is 7. The van der Waals surface area contributed by atoms with Gasteiger partial charge in [-0.15, -0.1) is 0 Å². The van der Waals surface area contributed by atoms with Crippen molar-refractivity contribution < 1.29 is 0 Å². The van der Waals surface area contributed by atoms with Crippen molar-refractivity contribution in [3.63, 3.8) is 0 Å². The molecule has 0 radical (unpaired) electrons. The minimum atomic E-state index is 0.647. The van der Waals surface area contributed by atoms with E-state index in [1.807, 2.05) is 12.3 Å². The largest absolute Gasteiger partial charge is 0.309 e. The van der Waals surface area contributed by atoms with E-state index in [0.717, 1.165) is 39.2 Å². The van der Waals surface area contributed by atoms with Crippen LogP contribution in [0.3, 0.4) is 0 Å². The van der Waals surface area contributed by atoms with Crippen LogP contribution in [0, 0.1) is 0 Å². The fraction of sp³-hybridized carbons (Fsp3) is 0. The number of fused-ring (bicyclic) bond motifs is 9. The van der Waals surface area contributed by atoms with E-state index < -0.39 is 0 Å². The molecule has 7 heteroatoms. The summed E-state index contributed by atoms with van der Waals surface area (Å²) in [5.74, 6) is 0. The maximum Gasteiger partial charge on any atom is 0.120 e. The minimum absolute atomic E-state index is 0.647. The molecule has 0 aliphatic heterocycles. The highest BCUT2D eigenvalue weighted by atomic mass is 15.0. The quantitative estimate of drug-likeness (QED) is 0.181. The molecule has 0 unspecified atom stereocenters. The van der Waals surface area contributed by atoms with Gasteiger partial charge in [0, 0.05) is 46.8 Å². The van der Waals surface area contributed by atoms with Crippen molar-refractivity contribution in [1.29, 1.82) is 0 Å². The van der Waals surface area contributed by atoms with Crippen LogP contribution in [0.15, 0.2) is 152 Å². The molecule has 0 saturated carbocycles. The highest BCUT2D eigenvalue weighted by molar-refractivity contribution is 6.18. The third kappa shape index (κ3) is 4.37. The second-order valence-corrected chi connectivity index (χ2v) is 12.0. The molecule has 0 aliphatic carbocycles. The molecule has 7 nitrogen and oxygen atoms in total. The second-order valence-electron chi connectivity index (χ2n) is 12.0. The van der Waals surface area contributed by atoms with Gasteiger partial charge in [-0.05, 0) is 64.7 Å². The fourth-order valence-corrected chi connectivity index (χ4v) is 7.00. The SMILES string of the molecule is c1ccc(-c2cc(-c3cccc(-n4c5ccccc5c5ccccc54)c3)cc(-c3cnc4c5nccnc5c5nccnc5c4n3)c2)cc1. The topological polar surface area (TPSA) is 82.3 Å². The molecule has 10 rings (SSSR count). The summed E-state index contributed by atoms with van der Waals surface area (Å²) in [6, 6.07) is 43.0. The monoisotopic (exact) mass is 627 g/mol. The summed E-state index contributed by atoms with van der Waals surface area (Å²) in [5, 5.41) is 2.48. The molecule has 4 aromatic heterocycles. The van der Waals surface area contributed by atoms with Crippen molar-refractivity contribution in [2.24, 2.45) is 0 Å². The molecule has 10 aromatic rings. The van der Waals surface area contributed by atoms with Gasteiger partial charge in [0.05, 0.1) is 22.9 Å². The lowest BCUT2D eigenvalue weighted by atomic mass is 9.95. The van der Waals surface area contributed by atoms with Crippen molar-refractivity contribution >= 4 is 54.9 Å². The first-order chi connectivity index (χ1) is 24.3. The first-order valence-corrected chi connectivity index (χ1v) is 16.1. The van der Waals surface area contributed by atoms with Crippen LogP contribution in [0.5, 0.6) is 0 Å². The van der Waals surface area contributed by atoms with Gasteiger partial charge in [-0.25, -0.2) is 9.97 Å². The number of rotatable bonds is 4. The molecule has 0 atom stereocenters. The van der Waals surface area contributed by atoms with Gasteiger partial charge in [0.15, 0.2) is 0 Å². The number of benzene rings is 6. The summed E-state index contributed by atoms with van der Waals surface area (Å²) in [6.07, 6.45) is 8.50. The van der Waals surface area contributed by atoms with E-state index in [2.05, 4.69) is 140 Å². The first kappa shape index (κ1) is 27.3. The molecule has 4 heterocycles. The van der Waals surface area contributed by atoms with E-state index in [-0.39, 0.29) is 0 Å². The van der Waals surface area contributed by atoms with Crippen LogP contribution in [0.2, 0.25) is 0 Å². The Labute approximate surface area is 280 Å². The van der Waals surface area contributed by atoms with Crippen LogP contribution in [-0.4, -0.2) is 34.5 Å². The van der Waals surface area contributed by atoms with Gasteiger partial charge in [-0.1, -0.05) is 78.9 Å². The second kappa shape index (κ2) is 10.9. The normalized spacial score (nSPS) is 11.7. The smallest absolute Gasteiger partial charge is 0.120 e. The van der Waals surface area contributed by atoms with E-state index in [9.17, 15) is 0 Å². The van der Waals surface area contributed by atoms with Gasteiger partial charge < -0.3 is 4.57 Å². The Hall–Kier alpha value is -6.86. The summed E-state index contributed by atoms with van der Waals surface area (Å²) in [5.41, 5.74) is 13.5. The molecule has 0 aliphatic rings. The third-order valence-electron chi connectivity index (χ3n) is 9.20. The van der Waals surface area contributed by atoms with Crippen LogP contribution >= 0.6 is 0 Å². The van der Waals surface area contributed by atoms with Crippen molar-refractivity contribution in [1.82, 2.24) is 34.5 Å². The standard InChI is InChI=1S/C42H25N7/c1-2-9-26(10-3-1)28-21-29(27-11-8-12-31(24-27)49-35-15-6-4-13-32(35)33-14-5-7-16-36(33)49)23-30(22-28)34-25-47-41-39-37(43-17-18-45-39)38-40(42(41)48-34)46-20-19-44-38/h1-25H. The Kier molecular flexibility index (Phi) is 6.04. The van der Waals surface area contributed by atoms with Crippen LogP contribution < -0.4 is 0 Å². The molecule has 0 fully saturated rings.